The van der Waals surface area contributed by atoms with Crippen molar-refractivity contribution in [3.63, 3.8) is 0 Å². The van der Waals surface area contributed by atoms with Crippen molar-refractivity contribution in [3.8, 4) is 0 Å². The van der Waals surface area contributed by atoms with E-state index in [1.54, 1.807) is 30.4 Å². The van der Waals surface area contributed by atoms with Crippen molar-refractivity contribution < 1.29 is 8.42 Å². The quantitative estimate of drug-likeness (QED) is 0.803. The lowest BCUT2D eigenvalue weighted by Crippen LogP contribution is -2.05. The lowest BCUT2D eigenvalue weighted by atomic mass is 10.2. The summed E-state index contributed by atoms with van der Waals surface area (Å²) in [6, 6.07) is 7.05. The summed E-state index contributed by atoms with van der Waals surface area (Å²) in [5, 5.41) is 0. The molecule has 0 N–H and O–H groups in total. The monoisotopic (exact) mass is 246 g/mol. The second-order valence-corrected chi connectivity index (χ2v) is 5.82. The number of hydrogen-bond donors (Lipinski definition) is 0. The third-order valence-electron chi connectivity index (χ3n) is 2.66. The number of allylic oxidation sites excluding steroid dienone is 5. The molecule has 0 atom stereocenters. The molecule has 88 valence electrons. The summed E-state index contributed by atoms with van der Waals surface area (Å²) < 4.78 is 24.8. The first-order chi connectivity index (χ1) is 8.12. The molecule has 0 spiro atoms. The fourth-order valence-electron chi connectivity index (χ4n) is 1.74. The highest BCUT2D eigenvalue weighted by Crippen LogP contribution is 2.24. The lowest BCUT2D eigenvalue weighted by Gasteiger charge is -2.07. The molecule has 1 aliphatic rings. The molecule has 0 saturated carbocycles. The number of hydrogen-bond acceptors (Lipinski definition) is 2. The van der Waals surface area contributed by atoms with Gasteiger partial charge in [0.05, 0.1) is 9.80 Å². The fraction of sp³-hybridized carbons (Fsp3) is 0.143. The Kier molecular flexibility index (Phi) is 3.29. The van der Waals surface area contributed by atoms with Gasteiger partial charge in [0.1, 0.15) is 0 Å². The Morgan fingerprint density at radius 3 is 2.65 bits per heavy atom. The minimum Gasteiger partial charge on any atom is -0.219 e. The van der Waals surface area contributed by atoms with Crippen molar-refractivity contribution in [3.05, 3.63) is 65.1 Å². The zero-order valence-electron chi connectivity index (χ0n) is 9.63. The van der Waals surface area contributed by atoms with E-state index in [1.165, 1.54) is 0 Å². The Hall–Kier alpha value is -1.61. The molecule has 0 unspecified atom stereocenters. The van der Waals surface area contributed by atoms with Crippen molar-refractivity contribution in [1.82, 2.24) is 0 Å². The largest absolute Gasteiger partial charge is 0.219 e. The van der Waals surface area contributed by atoms with Crippen LogP contribution >= 0.6 is 0 Å². The van der Waals surface area contributed by atoms with Crippen molar-refractivity contribution >= 4 is 9.84 Å². The predicted octanol–water partition coefficient (Wildman–Crippen LogP) is 3.17. The first-order valence-electron chi connectivity index (χ1n) is 5.46. The fourth-order valence-corrected chi connectivity index (χ4v) is 3.32. The Morgan fingerprint density at radius 2 is 1.88 bits per heavy atom. The van der Waals surface area contributed by atoms with Crippen molar-refractivity contribution in [2.75, 3.05) is 0 Å². The van der Waals surface area contributed by atoms with Gasteiger partial charge in [-0.2, -0.15) is 0 Å². The van der Waals surface area contributed by atoms with E-state index in [2.05, 4.69) is 0 Å². The second-order valence-electron chi connectivity index (χ2n) is 3.90. The normalized spacial score (nSPS) is 15.5. The minimum absolute atomic E-state index is 0.372. The van der Waals surface area contributed by atoms with E-state index in [-0.39, 0.29) is 0 Å². The highest BCUT2D eigenvalue weighted by Gasteiger charge is 2.20. The summed E-state index contributed by atoms with van der Waals surface area (Å²) in [5.74, 6) is 0. The standard InChI is InChI=1S/C14H14O2S/c1-12-8-6-7-11-14(12)17(15,16)13-9-4-2-3-5-10-13/h2-4,6-11H,5H2,1H3. The first-order valence-corrected chi connectivity index (χ1v) is 6.95. The molecular formula is C14H14O2S. The molecule has 0 bridgehead atoms. The third-order valence-corrected chi connectivity index (χ3v) is 4.62. The summed E-state index contributed by atoms with van der Waals surface area (Å²) in [4.78, 5) is 0.759. The SMILES string of the molecule is Cc1ccccc1S(=O)(=O)C1=CCC=CC=C1. The van der Waals surface area contributed by atoms with Gasteiger partial charge in [-0.15, -0.1) is 0 Å². The molecule has 2 nitrogen and oxygen atoms in total. The maximum Gasteiger partial charge on any atom is 0.206 e. The number of sulfone groups is 1. The van der Waals surface area contributed by atoms with Crippen molar-refractivity contribution in [1.29, 1.82) is 0 Å². The topological polar surface area (TPSA) is 34.1 Å². The first kappa shape index (κ1) is 11.9. The molecule has 1 aromatic rings. The van der Waals surface area contributed by atoms with E-state index in [9.17, 15) is 8.42 Å². The molecule has 17 heavy (non-hydrogen) atoms. The van der Waals surface area contributed by atoms with Gasteiger partial charge < -0.3 is 0 Å². The van der Waals surface area contributed by atoms with Crippen LogP contribution in [0.2, 0.25) is 0 Å². The average Bonchev–Trinajstić information content (AvgIpc) is 2.58. The minimum atomic E-state index is -3.38. The molecule has 3 heteroatoms. The van der Waals surface area contributed by atoms with Crippen LogP contribution in [0.15, 0.2) is 64.4 Å². The Bertz CT molecular complexity index is 605. The summed E-state index contributed by atoms with van der Waals surface area (Å²) in [6.45, 7) is 1.81. The van der Waals surface area contributed by atoms with Crippen LogP contribution in [0, 0.1) is 6.92 Å². The Balaban J connectivity index is 2.51. The van der Waals surface area contributed by atoms with Gasteiger partial charge in [-0.3, -0.25) is 0 Å². The van der Waals surface area contributed by atoms with Crippen molar-refractivity contribution in [2.24, 2.45) is 0 Å². The zero-order valence-corrected chi connectivity index (χ0v) is 10.4. The number of rotatable bonds is 2. The number of aryl methyl sites for hydroxylation is 1. The van der Waals surface area contributed by atoms with Crippen LogP contribution < -0.4 is 0 Å². The average molecular weight is 246 g/mol. The summed E-state index contributed by atoms with van der Waals surface area (Å²) in [5.41, 5.74) is 0.777. The van der Waals surface area contributed by atoms with Gasteiger partial charge >= 0.3 is 0 Å². The van der Waals surface area contributed by atoms with Gasteiger partial charge in [0.15, 0.2) is 0 Å². The maximum atomic E-state index is 12.4. The summed E-state index contributed by atoms with van der Waals surface area (Å²) in [6.07, 6.45) is 9.57. The van der Waals surface area contributed by atoms with Gasteiger partial charge in [-0.1, -0.05) is 42.5 Å². The van der Waals surface area contributed by atoms with E-state index in [4.69, 9.17) is 0 Å². The van der Waals surface area contributed by atoms with Crippen LogP contribution in [0.1, 0.15) is 12.0 Å². The van der Waals surface area contributed by atoms with Gasteiger partial charge in [0.25, 0.3) is 0 Å². The molecule has 1 aliphatic carbocycles. The highest BCUT2D eigenvalue weighted by atomic mass is 32.2. The molecule has 0 amide bonds. The van der Waals surface area contributed by atoms with E-state index >= 15 is 0 Å². The van der Waals surface area contributed by atoms with Crippen LogP contribution in [-0.4, -0.2) is 8.42 Å². The lowest BCUT2D eigenvalue weighted by molar-refractivity contribution is 0.602. The van der Waals surface area contributed by atoms with Gasteiger partial charge in [-0.25, -0.2) is 8.42 Å². The molecule has 0 heterocycles. The summed E-state index contributed by atoms with van der Waals surface area (Å²) >= 11 is 0. The predicted molar refractivity (Wildman–Crippen MR) is 69.3 cm³/mol. The smallest absolute Gasteiger partial charge is 0.206 e. The van der Waals surface area contributed by atoms with E-state index in [1.807, 2.05) is 31.2 Å². The molecule has 0 radical (unpaired) electrons. The molecule has 0 aliphatic heterocycles. The highest BCUT2D eigenvalue weighted by molar-refractivity contribution is 7.95. The van der Waals surface area contributed by atoms with Gasteiger partial charge in [0, 0.05) is 0 Å². The van der Waals surface area contributed by atoms with Crippen LogP contribution in [0.5, 0.6) is 0 Å². The third kappa shape index (κ3) is 2.39. The van der Waals surface area contributed by atoms with Crippen LogP contribution in [-0.2, 0) is 9.84 Å². The summed E-state index contributed by atoms with van der Waals surface area (Å²) in [7, 11) is -3.38. The Morgan fingerprint density at radius 1 is 1.12 bits per heavy atom. The van der Waals surface area contributed by atoms with Gasteiger partial charge in [0.2, 0.25) is 9.84 Å². The van der Waals surface area contributed by atoms with Crippen LogP contribution in [0.4, 0.5) is 0 Å². The zero-order chi connectivity index (χ0) is 12.3. The molecule has 0 saturated heterocycles. The molecular weight excluding hydrogens is 232 g/mol. The van der Waals surface area contributed by atoms with Gasteiger partial charge in [-0.05, 0) is 31.1 Å². The molecule has 2 rings (SSSR count). The van der Waals surface area contributed by atoms with Crippen LogP contribution in [0.3, 0.4) is 0 Å². The van der Waals surface area contributed by atoms with Crippen molar-refractivity contribution in [2.45, 2.75) is 18.2 Å². The number of benzene rings is 1. The van der Waals surface area contributed by atoms with E-state index < -0.39 is 9.84 Å². The second kappa shape index (κ2) is 4.72. The maximum absolute atomic E-state index is 12.4. The van der Waals surface area contributed by atoms with E-state index in [0.29, 0.717) is 16.2 Å². The molecule has 1 aromatic carbocycles. The Labute approximate surface area is 102 Å². The molecule has 0 aromatic heterocycles. The van der Waals surface area contributed by atoms with E-state index in [0.717, 1.165) is 5.56 Å². The van der Waals surface area contributed by atoms with Crippen LogP contribution in [0.25, 0.3) is 0 Å². The molecule has 0 fully saturated rings.